The largest absolute Gasteiger partial charge is 0.484 e. The molecule has 6 nitrogen and oxygen atoms in total. The van der Waals surface area contributed by atoms with Crippen LogP contribution in [0, 0.1) is 17.5 Å². The summed E-state index contributed by atoms with van der Waals surface area (Å²) in [6.07, 6.45) is 0.717. The van der Waals surface area contributed by atoms with E-state index in [9.17, 15) is 26.4 Å². The van der Waals surface area contributed by atoms with Crippen molar-refractivity contribution in [2.24, 2.45) is 5.73 Å². The van der Waals surface area contributed by atoms with Crippen LogP contribution < -0.4 is 10.5 Å². The van der Waals surface area contributed by atoms with Gasteiger partial charge in [0.05, 0.1) is 5.56 Å². The summed E-state index contributed by atoms with van der Waals surface area (Å²) in [6.45, 7) is 2.82. The third-order valence-corrected chi connectivity index (χ3v) is 5.68. The van der Waals surface area contributed by atoms with Gasteiger partial charge >= 0.3 is 0 Å². The minimum Gasteiger partial charge on any atom is -0.484 e. The molecular formula is C18H17F3N2O4S. The monoisotopic (exact) mass is 414 g/mol. The highest BCUT2D eigenvalue weighted by molar-refractivity contribution is 7.89. The summed E-state index contributed by atoms with van der Waals surface area (Å²) in [5.41, 5.74) is 4.90. The molecule has 2 aromatic rings. The van der Waals surface area contributed by atoms with Gasteiger partial charge in [-0.15, -0.1) is 0 Å². The number of carbonyl (C=O) groups is 1. The summed E-state index contributed by atoms with van der Waals surface area (Å²) in [5.74, 6) is -6.49. The molecule has 2 rings (SSSR count). The van der Waals surface area contributed by atoms with Gasteiger partial charge in [0.1, 0.15) is 6.61 Å². The van der Waals surface area contributed by atoms with Gasteiger partial charge in [-0.3, -0.25) is 4.79 Å². The topological polar surface area (TPSA) is 89.7 Å². The number of primary amides is 1. The van der Waals surface area contributed by atoms with E-state index in [0.717, 1.165) is 14.1 Å². The zero-order valence-corrected chi connectivity index (χ0v) is 15.8. The lowest BCUT2D eigenvalue weighted by Crippen LogP contribution is -2.25. The van der Waals surface area contributed by atoms with Crippen molar-refractivity contribution < 1.29 is 31.1 Å². The number of hydrogen-bond acceptors (Lipinski definition) is 4. The molecule has 0 atom stereocenters. The summed E-state index contributed by atoms with van der Waals surface area (Å²) in [6, 6.07) is 5.64. The smallest absolute Gasteiger partial charge is 0.249 e. The van der Waals surface area contributed by atoms with Crippen LogP contribution in [0.25, 0.3) is 6.08 Å². The molecule has 0 saturated carbocycles. The number of benzene rings is 2. The van der Waals surface area contributed by atoms with Crippen LogP contribution in [0.2, 0.25) is 0 Å². The molecule has 0 aromatic heterocycles. The number of nitrogens with two attached hydrogens (primary N) is 1. The van der Waals surface area contributed by atoms with Crippen LogP contribution in [-0.2, 0) is 16.6 Å². The molecule has 150 valence electrons. The molecule has 10 heteroatoms. The van der Waals surface area contributed by atoms with Crippen LogP contribution in [0.4, 0.5) is 13.2 Å². The highest BCUT2D eigenvalue weighted by Gasteiger charge is 2.34. The number of sulfonamides is 1. The first-order valence-electron chi connectivity index (χ1n) is 7.79. The van der Waals surface area contributed by atoms with Gasteiger partial charge in [-0.1, -0.05) is 24.8 Å². The van der Waals surface area contributed by atoms with Gasteiger partial charge in [0.2, 0.25) is 15.9 Å². The fourth-order valence-electron chi connectivity index (χ4n) is 2.28. The average molecular weight is 414 g/mol. The van der Waals surface area contributed by atoms with Crippen molar-refractivity contribution in [3.8, 4) is 5.75 Å². The number of ether oxygens (including phenoxy) is 1. The predicted molar refractivity (Wildman–Crippen MR) is 96.6 cm³/mol. The normalized spacial score (nSPS) is 11.5. The van der Waals surface area contributed by atoms with Gasteiger partial charge in [0.15, 0.2) is 28.1 Å². The highest BCUT2D eigenvalue weighted by Crippen LogP contribution is 2.36. The van der Waals surface area contributed by atoms with E-state index in [1.54, 1.807) is 0 Å². The number of carbonyl (C=O) groups excluding carboxylic acids is 1. The van der Waals surface area contributed by atoms with Crippen LogP contribution in [0.5, 0.6) is 5.75 Å². The van der Waals surface area contributed by atoms with E-state index >= 15 is 0 Å². The Morgan fingerprint density at radius 2 is 1.71 bits per heavy atom. The van der Waals surface area contributed by atoms with Crippen molar-refractivity contribution in [2.75, 3.05) is 14.1 Å². The first kappa shape index (κ1) is 21.5. The summed E-state index contributed by atoms with van der Waals surface area (Å²) in [4.78, 5) is 9.82. The Morgan fingerprint density at radius 3 is 2.18 bits per heavy atom. The van der Waals surface area contributed by atoms with E-state index in [0.29, 0.717) is 15.9 Å². The second kappa shape index (κ2) is 8.03. The van der Waals surface area contributed by atoms with E-state index in [2.05, 4.69) is 6.58 Å². The van der Waals surface area contributed by atoms with Crippen molar-refractivity contribution in [1.82, 2.24) is 4.31 Å². The maximum absolute atomic E-state index is 14.7. The number of rotatable bonds is 7. The fourth-order valence-corrected chi connectivity index (χ4v) is 3.34. The first-order chi connectivity index (χ1) is 13.0. The lowest BCUT2D eigenvalue weighted by molar-refractivity contribution is 0.1000. The SMILES string of the molecule is C=Cc1c(F)c(F)c(S(=O)(=O)N(C)C)c(OCc2ccc(C(N)=O)cc2)c1F. The second-order valence-electron chi connectivity index (χ2n) is 5.86. The number of amides is 1. The van der Waals surface area contributed by atoms with Crippen molar-refractivity contribution in [3.63, 3.8) is 0 Å². The summed E-state index contributed by atoms with van der Waals surface area (Å²) >= 11 is 0. The molecule has 28 heavy (non-hydrogen) atoms. The molecule has 2 aromatic carbocycles. The Morgan fingerprint density at radius 1 is 1.14 bits per heavy atom. The quantitative estimate of drug-likeness (QED) is 0.706. The van der Waals surface area contributed by atoms with Gasteiger partial charge in [-0.2, -0.15) is 0 Å². The lowest BCUT2D eigenvalue weighted by atomic mass is 10.1. The Bertz CT molecular complexity index is 1040. The van der Waals surface area contributed by atoms with Gasteiger partial charge in [0.25, 0.3) is 0 Å². The molecular weight excluding hydrogens is 397 g/mol. The molecule has 0 aliphatic carbocycles. The Labute approximate surface area is 160 Å². The van der Waals surface area contributed by atoms with Crippen LogP contribution in [-0.4, -0.2) is 32.7 Å². The summed E-state index contributed by atoms with van der Waals surface area (Å²) < 4.78 is 73.9. The average Bonchev–Trinajstić information content (AvgIpc) is 2.64. The molecule has 0 aliphatic rings. The maximum Gasteiger partial charge on any atom is 0.249 e. The molecule has 0 heterocycles. The van der Waals surface area contributed by atoms with Crippen LogP contribution in [0.15, 0.2) is 35.7 Å². The van der Waals surface area contributed by atoms with Crippen molar-refractivity contribution >= 4 is 22.0 Å². The van der Waals surface area contributed by atoms with E-state index in [1.807, 2.05) is 0 Å². The zero-order chi connectivity index (χ0) is 21.2. The Hall–Kier alpha value is -2.85. The maximum atomic E-state index is 14.7. The Kier molecular flexibility index (Phi) is 6.15. The lowest BCUT2D eigenvalue weighted by Gasteiger charge is -2.19. The van der Waals surface area contributed by atoms with Crippen LogP contribution in [0.1, 0.15) is 21.5 Å². The predicted octanol–water partition coefficient (Wildman–Crippen LogP) is 2.68. The van der Waals surface area contributed by atoms with E-state index in [4.69, 9.17) is 10.5 Å². The molecule has 0 spiro atoms. The van der Waals surface area contributed by atoms with E-state index in [1.165, 1.54) is 24.3 Å². The molecule has 0 radical (unpaired) electrons. The number of hydrogen-bond donors (Lipinski definition) is 1. The number of halogens is 3. The first-order valence-corrected chi connectivity index (χ1v) is 9.23. The third kappa shape index (κ3) is 3.87. The highest BCUT2D eigenvalue weighted by atomic mass is 32.2. The van der Waals surface area contributed by atoms with Gasteiger partial charge in [-0.05, 0) is 17.7 Å². The molecule has 0 aliphatic heterocycles. The Balaban J connectivity index is 2.57. The van der Waals surface area contributed by atoms with Crippen LogP contribution >= 0.6 is 0 Å². The van der Waals surface area contributed by atoms with Gasteiger partial charge < -0.3 is 10.5 Å². The van der Waals surface area contributed by atoms with Crippen molar-refractivity contribution in [3.05, 3.63) is 65.0 Å². The second-order valence-corrected chi connectivity index (χ2v) is 7.94. The van der Waals surface area contributed by atoms with Crippen molar-refractivity contribution in [2.45, 2.75) is 11.5 Å². The van der Waals surface area contributed by atoms with Crippen LogP contribution in [0.3, 0.4) is 0 Å². The standard InChI is InChI=1S/C18H17F3N2O4S/c1-4-12-13(19)15(21)17(28(25,26)23(2)3)16(14(12)20)27-9-10-5-7-11(8-6-10)18(22)24/h4-8H,1,9H2,2-3H3,(H2,22,24). The fraction of sp³-hybridized carbons (Fsp3) is 0.167. The van der Waals surface area contributed by atoms with Crippen molar-refractivity contribution in [1.29, 1.82) is 0 Å². The van der Waals surface area contributed by atoms with E-state index < -0.39 is 49.6 Å². The van der Waals surface area contributed by atoms with Gasteiger partial charge in [-0.25, -0.2) is 25.9 Å². The third-order valence-electron chi connectivity index (χ3n) is 3.83. The molecule has 0 saturated heterocycles. The summed E-state index contributed by atoms with van der Waals surface area (Å²) in [7, 11) is -2.41. The molecule has 0 unspecified atom stereocenters. The minimum atomic E-state index is -4.57. The van der Waals surface area contributed by atoms with Gasteiger partial charge in [0, 0.05) is 19.7 Å². The minimum absolute atomic E-state index is 0.215. The molecule has 0 fully saturated rings. The van der Waals surface area contributed by atoms with E-state index in [-0.39, 0.29) is 12.2 Å². The molecule has 2 N–H and O–H groups in total. The summed E-state index contributed by atoms with van der Waals surface area (Å²) in [5, 5.41) is 0. The molecule has 0 bridgehead atoms. The zero-order valence-electron chi connectivity index (χ0n) is 15.0. The number of nitrogens with zero attached hydrogens (tertiary/aromatic N) is 1. The molecule has 1 amide bonds.